The number of amides is 1. The van der Waals surface area contributed by atoms with E-state index in [4.69, 9.17) is 12.2 Å². The van der Waals surface area contributed by atoms with E-state index in [2.05, 4.69) is 31.4 Å². The van der Waals surface area contributed by atoms with Crippen LogP contribution in [0.15, 0.2) is 28.7 Å². The zero-order valence-electron chi connectivity index (χ0n) is 10.5. The summed E-state index contributed by atoms with van der Waals surface area (Å²) >= 11 is 8.40. The van der Waals surface area contributed by atoms with Gasteiger partial charge in [-0.05, 0) is 47.2 Å². The summed E-state index contributed by atoms with van der Waals surface area (Å²) in [6.45, 7) is 1.86. The lowest BCUT2D eigenvalue weighted by Gasteiger charge is -2.13. The minimum Gasteiger partial charge on any atom is -0.342 e. The van der Waals surface area contributed by atoms with E-state index in [1.807, 2.05) is 32.2 Å². The van der Waals surface area contributed by atoms with E-state index in [0.717, 1.165) is 4.47 Å². The molecule has 1 amide bonds. The SMILES string of the molecule is C[C@@H](NC(=O)c1ccccc1Br)c1n[nH]c(=S)n1C. The third-order valence-electron chi connectivity index (χ3n) is 2.77. The summed E-state index contributed by atoms with van der Waals surface area (Å²) in [6.07, 6.45) is 0. The summed E-state index contributed by atoms with van der Waals surface area (Å²) in [7, 11) is 1.81. The second-order valence-electron chi connectivity index (χ2n) is 4.12. The Balaban J connectivity index is 2.18. The molecule has 1 aromatic heterocycles. The highest BCUT2D eigenvalue weighted by Crippen LogP contribution is 2.17. The van der Waals surface area contributed by atoms with Crippen molar-refractivity contribution < 1.29 is 4.79 Å². The fourth-order valence-electron chi connectivity index (χ4n) is 1.73. The van der Waals surface area contributed by atoms with Crippen LogP contribution < -0.4 is 5.32 Å². The predicted octanol–water partition coefficient (Wildman–Crippen LogP) is 2.73. The lowest BCUT2D eigenvalue weighted by atomic mass is 10.2. The summed E-state index contributed by atoms with van der Waals surface area (Å²) in [5.41, 5.74) is 0.589. The van der Waals surface area contributed by atoms with Crippen molar-refractivity contribution in [3.63, 3.8) is 0 Å². The van der Waals surface area contributed by atoms with Crippen molar-refractivity contribution in [3.8, 4) is 0 Å². The van der Waals surface area contributed by atoms with Gasteiger partial charge in [-0.2, -0.15) is 5.10 Å². The molecule has 0 fully saturated rings. The Kier molecular flexibility index (Phi) is 4.16. The maximum atomic E-state index is 12.2. The van der Waals surface area contributed by atoms with Gasteiger partial charge in [0.05, 0.1) is 11.6 Å². The average molecular weight is 341 g/mol. The van der Waals surface area contributed by atoms with E-state index in [0.29, 0.717) is 16.2 Å². The van der Waals surface area contributed by atoms with Crippen molar-refractivity contribution in [2.45, 2.75) is 13.0 Å². The van der Waals surface area contributed by atoms with Gasteiger partial charge in [0.15, 0.2) is 10.6 Å². The number of carbonyl (C=O) groups is 1. The highest BCUT2D eigenvalue weighted by Gasteiger charge is 2.17. The molecule has 1 aromatic carbocycles. The van der Waals surface area contributed by atoms with E-state index >= 15 is 0 Å². The molecule has 5 nitrogen and oxygen atoms in total. The lowest BCUT2D eigenvalue weighted by molar-refractivity contribution is 0.0937. The number of halogens is 1. The minimum atomic E-state index is -0.238. The molecule has 1 heterocycles. The molecule has 0 unspecified atom stereocenters. The molecule has 1 atom stereocenters. The third kappa shape index (κ3) is 2.93. The van der Waals surface area contributed by atoms with E-state index in [9.17, 15) is 4.79 Å². The molecule has 0 aliphatic heterocycles. The van der Waals surface area contributed by atoms with Gasteiger partial charge < -0.3 is 9.88 Å². The van der Waals surface area contributed by atoms with E-state index in [1.54, 1.807) is 10.6 Å². The van der Waals surface area contributed by atoms with Crippen molar-refractivity contribution in [1.29, 1.82) is 0 Å². The van der Waals surface area contributed by atoms with Crippen LogP contribution in [0.1, 0.15) is 29.1 Å². The van der Waals surface area contributed by atoms with Crippen molar-refractivity contribution in [2.24, 2.45) is 7.05 Å². The summed E-state index contributed by atoms with van der Waals surface area (Å²) in [6, 6.07) is 7.03. The average Bonchev–Trinajstić information content (AvgIpc) is 2.70. The van der Waals surface area contributed by atoms with Crippen LogP contribution >= 0.6 is 28.1 Å². The molecule has 2 rings (SSSR count). The van der Waals surface area contributed by atoms with Crippen molar-refractivity contribution in [3.05, 3.63) is 44.9 Å². The van der Waals surface area contributed by atoms with Gasteiger partial charge in [-0.15, -0.1) is 0 Å². The van der Waals surface area contributed by atoms with Crippen LogP contribution in [0.5, 0.6) is 0 Å². The first kappa shape index (κ1) is 14.0. The molecular weight excluding hydrogens is 328 g/mol. The monoisotopic (exact) mass is 340 g/mol. The summed E-state index contributed by atoms with van der Waals surface area (Å²) in [4.78, 5) is 12.2. The number of aromatic nitrogens is 3. The zero-order chi connectivity index (χ0) is 14.0. The van der Waals surface area contributed by atoms with Crippen LogP contribution in [-0.4, -0.2) is 20.7 Å². The van der Waals surface area contributed by atoms with Crippen LogP contribution in [0.25, 0.3) is 0 Å². The largest absolute Gasteiger partial charge is 0.342 e. The molecule has 0 saturated carbocycles. The number of nitrogens with one attached hydrogen (secondary N) is 2. The van der Waals surface area contributed by atoms with Crippen LogP contribution in [0.3, 0.4) is 0 Å². The maximum Gasteiger partial charge on any atom is 0.253 e. The standard InChI is InChI=1S/C12H13BrN4OS/c1-7(10-15-16-12(19)17(10)2)14-11(18)8-5-3-4-6-9(8)13/h3-7H,1-2H3,(H,14,18)(H,16,19)/t7-/m1/s1. The van der Waals surface area contributed by atoms with Crippen LogP contribution in [0.2, 0.25) is 0 Å². The summed E-state index contributed by atoms with van der Waals surface area (Å²) in [5, 5.41) is 9.69. The normalized spacial score (nSPS) is 12.2. The number of aromatic amines is 1. The molecule has 0 aliphatic rings. The molecule has 7 heteroatoms. The molecule has 0 bridgehead atoms. The molecule has 19 heavy (non-hydrogen) atoms. The molecule has 0 spiro atoms. The Hall–Kier alpha value is -1.47. The second-order valence-corrected chi connectivity index (χ2v) is 5.36. The molecule has 0 aliphatic carbocycles. The third-order valence-corrected chi connectivity index (χ3v) is 3.82. The van der Waals surface area contributed by atoms with Gasteiger partial charge in [0.2, 0.25) is 0 Å². The minimum absolute atomic E-state index is 0.158. The fourth-order valence-corrected chi connectivity index (χ4v) is 2.33. The first-order chi connectivity index (χ1) is 9.00. The van der Waals surface area contributed by atoms with Crippen molar-refractivity contribution in [2.75, 3.05) is 0 Å². The van der Waals surface area contributed by atoms with E-state index in [-0.39, 0.29) is 11.9 Å². The van der Waals surface area contributed by atoms with Crippen LogP contribution in [0, 0.1) is 4.77 Å². The maximum absolute atomic E-state index is 12.2. The molecular formula is C12H13BrN4OS. The van der Waals surface area contributed by atoms with Gasteiger partial charge in [0.25, 0.3) is 5.91 Å². The van der Waals surface area contributed by atoms with E-state index < -0.39 is 0 Å². The number of benzene rings is 1. The Morgan fingerprint density at radius 2 is 2.21 bits per heavy atom. The Morgan fingerprint density at radius 1 is 1.53 bits per heavy atom. The van der Waals surface area contributed by atoms with Gasteiger partial charge in [0.1, 0.15) is 0 Å². The number of hydrogen-bond acceptors (Lipinski definition) is 3. The highest BCUT2D eigenvalue weighted by atomic mass is 79.9. The quantitative estimate of drug-likeness (QED) is 0.844. The van der Waals surface area contributed by atoms with Crippen LogP contribution in [-0.2, 0) is 7.05 Å². The topological polar surface area (TPSA) is 62.7 Å². The summed E-state index contributed by atoms with van der Waals surface area (Å²) < 4.78 is 3.02. The summed E-state index contributed by atoms with van der Waals surface area (Å²) in [5.74, 6) is 0.527. The smallest absolute Gasteiger partial charge is 0.253 e. The van der Waals surface area contributed by atoms with Gasteiger partial charge in [0, 0.05) is 11.5 Å². The van der Waals surface area contributed by atoms with Crippen LogP contribution in [0.4, 0.5) is 0 Å². The number of hydrogen-bond donors (Lipinski definition) is 2. The Labute approximate surface area is 124 Å². The van der Waals surface area contributed by atoms with Gasteiger partial charge in [-0.1, -0.05) is 12.1 Å². The van der Waals surface area contributed by atoms with Crippen molar-refractivity contribution in [1.82, 2.24) is 20.1 Å². The molecule has 2 N–H and O–H groups in total. The first-order valence-corrected chi connectivity index (χ1v) is 6.87. The first-order valence-electron chi connectivity index (χ1n) is 5.67. The Morgan fingerprint density at radius 3 is 2.79 bits per heavy atom. The van der Waals surface area contributed by atoms with Gasteiger partial charge >= 0.3 is 0 Å². The van der Waals surface area contributed by atoms with Gasteiger partial charge in [-0.25, -0.2) is 0 Å². The fraction of sp³-hybridized carbons (Fsp3) is 0.250. The Bertz CT molecular complexity index is 664. The number of carbonyl (C=O) groups excluding carboxylic acids is 1. The molecule has 0 radical (unpaired) electrons. The molecule has 2 aromatic rings. The molecule has 0 saturated heterocycles. The molecule has 100 valence electrons. The number of H-pyrrole nitrogens is 1. The number of rotatable bonds is 3. The van der Waals surface area contributed by atoms with E-state index in [1.165, 1.54) is 0 Å². The highest BCUT2D eigenvalue weighted by molar-refractivity contribution is 9.10. The predicted molar refractivity (Wildman–Crippen MR) is 78.4 cm³/mol. The zero-order valence-corrected chi connectivity index (χ0v) is 12.9. The lowest BCUT2D eigenvalue weighted by Crippen LogP contribution is -2.28. The van der Waals surface area contributed by atoms with Gasteiger partial charge in [-0.3, -0.25) is 9.89 Å². The number of nitrogens with zero attached hydrogens (tertiary/aromatic N) is 2. The van der Waals surface area contributed by atoms with Crippen molar-refractivity contribution >= 4 is 34.1 Å². The second kappa shape index (κ2) is 5.66.